The first-order chi connectivity index (χ1) is 14.1. The highest BCUT2D eigenvalue weighted by Gasteiger charge is 2.21. The van der Waals surface area contributed by atoms with E-state index in [4.69, 9.17) is 4.74 Å². The van der Waals surface area contributed by atoms with Crippen molar-refractivity contribution in [3.8, 4) is 5.75 Å². The molecule has 1 amide bonds. The van der Waals surface area contributed by atoms with E-state index in [2.05, 4.69) is 10.5 Å². The molecule has 2 aromatic carbocycles. The van der Waals surface area contributed by atoms with Gasteiger partial charge in [0.2, 0.25) is 10.0 Å². The maximum atomic E-state index is 12.3. The lowest BCUT2D eigenvalue weighted by atomic mass is 10.1. The summed E-state index contributed by atoms with van der Waals surface area (Å²) in [6.07, 6.45) is 0.994. The molecule has 10 nitrogen and oxygen atoms in total. The molecule has 2 rings (SSSR count). The second-order valence-corrected chi connectivity index (χ2v) is 8.14. The molecule has 0 aliphatic carbocycles. The molecular weight excluding hydrogens is 412 g/mol. The van der Waals surface area contributed by atoms with Crippen molar-refractivity contribution in [2.45, 2.75) is 13.8 Å². The predicted octanol–water partition coefficient (Wildman–Crippen LogP) is 2.30. The molecule has 0 spiro atoms. The molecular formula is C19H22N4O6S. The van der Waals surface area contributed by atoms with Crippen LogP contribution >= 0.6 is 0 Å². The molecule has 2 aromatic rings. The normalized spacial score (nSPS) is 11.6. The van der Waals surface area contributed by atoms with Gasteiger partial charge in [0.05, 0.1) is 29.2 Å². The summed E-state index contributed by atoms with van der Waals surface area (Å²) in [4.78, 5) is 22.6. The van der Waals surface area contributed by atoms with Gasteiger partial charge in [-0.05, 0) is 38.1 Å². The zero-order chi connectivity index (χ0) is 22.3. The second kappa shape index (κ2) is 9.83. The summed E-state index contributed by atoms with van der Waals surface area (Å²) in [6, 6.07) is 12.1. The zero-order valence-corrected chi connectivity index (χ0v) is 17.5. The zero-order valence-electron chi connectivity index (χ0n) is 16.7. The quantitative estimate of drug-likeness (QED) is 0.366. The van der Waals surface area contributed by atoms with E-state index in [1.165, 1.54) is 30.3 Å². The van der Waals surface area contributed by atoms with Gasteiger partial charge in [-0.2, -0.15) is 5.10 Å². The van der Waals surface area contributed by atoms with Crippen molar-refractivity contribution in [2.75, 3.05) is 23.7 Å². The van der Waals surface area contributed by atoms with Crippen LogP contribution in [0.2, 0.25) is 0 Å². The standard InChI is InChI=1S/C19H22N4O6S/c1-4-29-18-10-8-16(9-11-18)22(30(3,27)28)13-19(24)21-20-14(2)15-6-5-7-17(12-15)23(25)26/h5-12H,4,13H2,1-3H3,(H,21,24)/b20-14-. The maximum absolute atomic E-state index is 12.3. The Bertz CT molecular complexity index is 1050. The number of anilines is 1. The number of nitro groups is 1. The number of hydrogen-bond donors (Lipinski definition) is 1. The third-order valence-electron chi connectivity index (χ3n) is 3.95. The van der Waals surface area contributed by atoms with E-state index in [0.717, 1.165) is 10.6 Å². The SMILES string of the molecule is CCOc1ccc(N(CC(=O)N/N=C(/C)c2cccc([N+](=O)[O-])c2)S(C)(=O)=O)cc1. The Kier molecular flexibility index (Phi) is 7.48. The van der Waals surface area contributed by atoms with Crippen LogP contribution in [0.25, 0.3) is 0 Å². The molecule has 0 atom stereocenters. The Labute approximate surface area is 174 Å². The fraction of sp³-hybridized carbons (Fsp3) is 0.263. The van der Waals surface area contributed by atoms with Crippen molar-refractivity contribution < 1.29 is 22.9 Å². The fourth-order valence-corrected chi connectivity index (χ4v) is 3.35. The number of ether oxygens (including phenoxy) is 1. The van der Waals surface area contributed by atoms with Gasteiger partial charge in [0.15, 0.2) is 0 Å². The average Bonchev–Trinajstić information content (AvgIpc) is 2.70. The molecule has 0 unspecified atom stereocenters. The Balaban J connectivity index is 2.13. The van der Waals surface area contributed by atoms with Gasteiger partial charge >= 0.3 is 0 Å². The minimum atomic E-state index is -3.74. The van der Waals surface area contributed by atoms with Crippen molar-refractivity contribution in [1.29, 1.82) is 0 Å². The lowest BCUT2D eigenvalue weighted by Crippen LogP contribution is -2.39. The van der Waals surface area contributed by atoms with Crippen LogP contribution in [0.4, 0.5) is 11.4 Å². The average molecular weight is 434 g/mol. The Morgan fingerprint density at radius 1 is 1.23 bits per heavy atom. The summed E-state index contributed by atoms with van der Waals surface area (Å²) < 4.78 is 30.6. The van der Waals surface area contributed by atoms with Gasteiger partial charge in [-0.25, -0.2) is 13.8 Å². The number of nitrogens with one attached hydrogen (secondary N) is 1. The monoisotopic (exact) mass is 434 g/mol. The van der Waals surface area contributed by atoms with E-state index in [0.29, 0.717) is 29.3 Å². The lowest BCUT2D eigenvalue weighted by molar-refractivity contribution is -0.384. The first kappa shape index (κ1) is 22.8. The number of benzene rings is 2. The molecule has 160 valence electrons. The van der Waals surface area contributed by atoms with Gasteiger partial charge < -0.3 is 4.74 Å². The van der Waals surface area contributed by atoms with Crippen molar-refractivity contribution in [3.63, 3.8) is 0 Å². The summed E-state index contributed by atoms with van der Waals surface area (Å²) >= 11 is 0. The number of carbonyl (C=O) groups is 1. The number of rotatable bonds is 9. The number of hydrazone groups is 1. The van der Waals surface area contributed by atoms with Gasteiger partial charge in [0, 0.05) is 17.7 Å². The van der Waals surface area contributed by atoms with Gasteiger partial charge in [0.1, 0.15) is 12.3 Å². The van der Waals surface area contributed by atoms with Crippen LogP contribution in [0, 0.1) is 10.1 Å². The Morgan fingerprint density at radius 3 is 2.47 bits per heavy atom. The van der Waals surface area contributed by atoms with Gasteiger partial charge in [-0.15, -0.1) is 0 Å². The minimum absolute atomic E-state index is 0.105. The number of nitro benzene ring substituents is 1. The summed E-state index contributed by atoms with van der Waals surface area (Å²) in [6.45, 7) is 3.38. The second-order valence-electron chi connectivity index (χ2n) is 6.24. The van der Waals surface area contributed by atoms with Crippen molar-refractivity contribution in [3.05, 3.63) is 64.2 Å². The first-order valence-corrected chi connectivity index (χ1v) is 10.7. The molecule has 30 heavy (non-hydrogen) atoms. The minimum Gasteiger partial charge on any atom is -0.494 e. The van der Waals surface area contributed by atoms with Crippen molar-refractivity contribution in [2.24, 2.45) is 5.10 Å². The van der Waals surface area contributed by atoms with E-state index in [9.17, 15) is 23.3 Å². The fourth-order valence-electron chi connectivity index (χ4n) is 2.50. The van der Waals surface area contributed by atoms with Crippen LogP contribution in [-0.4, -0.2) is 44.4 Å². The third-order valence-corrected chi connectivity index (χ3v) is 5.09. The van der Waals surface area contributed by atoms with E-state index < -0.39 is 27.4 Å². The largest absolute Gasteiger partial charge is 0.494 e. The number of carbonyl (C=O) groups excluding carboxylic acids is 1. The summed E-state index contributed by atoms with van der Waals surface area (Å²) in [7, 11) is -3.74. The molecule has 0 bridgehead atoms. The maximum Gasteiger partial charge on any atom is 0.270 e. The van der Waals surface area contributed by atoms with Gasteiger partial charge in [-0.1, -0.05) is 12.1 Å². The van der Waals surface area contributed by atoms with E-state index in [1.807, 2.05) is 6.92 Å². The molecule has 0 aliphatic heterocycles. The van der Waals surface area contributed by atoms with Crippen LogP contribution in [-0.2, 0) is 14.8 Å². The highest BCUT2D eigenvalue weighted by atomic mass is 32.2. The topological polar surface area (TPSA) is 131 Å². The van der Waals surface area contributed by atoms with Gasteiger partial charge in [-0.3, -0.25) is 19.2 Å². The molecule has 0 fully saturated rings. The summed E-state index contributed by atoms with van der Waals surface area (Å²) in [5.41, 5.74) is 3.27. The predicted molar refractivity (Wildman–Crippen MR) is 113 cm³/mol. The van der Waals surface area contributed by atoms with Crippen LogP contribution in [0.1, 0.15) is 19.4 Å². The first-order valence-electron chi connectivity index (χ1n) is 8.90. The molecule has 0 saturated carbocycles. The molecule has 0 aliphatic rings. The molecule has 0 aromatic heterocycles. The number of hydrogen-bond acceptors (Lipinski definition) is 7. The number of amides is 1. The number of non-ortho nitro benzene ring substituents is 1. The molecule has 1 N–H and O–H groups in total. The van der Waals surface area contributed by atoms with Gasteiger partial charge in [0.25, 0.3) is 11.6 Å². The summed E-state index contributed by atoms with van der Waals surface area (Å²) in [5, 5.41) is 14.8. The number of sulfonamides is 1. The van der Waals surface area contributed by atoms with Crippen LogP contribution in [0.3, 0.4) is 0 Å². The highest BCUT2D eigenvalue weighted by Crippen LogP contribution is 2.21. The Morgan fingerprint density at radius 2 is 1.90 bits per heavy atom. The molecule has 0 saturated heterocycles. The molecule has 0 radical (unpaired) electrons. The van der Waals surface area contributed by atoms with E-state index >= 15 is 0 Å². The third kappa shape index (κ3) is 6.27. The van der Waals surface area contributed by atoms with Crippen LogP contribution < -0.4 is 14.5 Å². The van der Waals surface area contributed by atoms with Crippen molar-refractivity contribution >= 4 is 33.0 Å². The van der Waals surface area contributed by atoms with Crippen molar-refractivity contribution in [1.82, 2.24) is 5.43 Å². The smallest absolute Gasteiger partial charge is 0.270 e. The highest BCUT2D eigenvalue weighted by molar-refractivity contribution is 7.92. The number of nitrogens with zero attached hydrogens (tertiary/aromatic N) is 3. The Hall–Kier alpha value is -3.47. The van der Waals surface area contributed by atoms with E-state index in [-0.39, 0.29) is 5.69 Å². The summed E-state index contributed by atoms with van der Waals surface area (Å²) in [5.74, 6) is -0.0876. The van der Waals surface area contributed by atoms with E-state index in [1.54, 1.807) is 25.1 Å². The van der Waals surface area contributed by atoms with Crippen LogP contribution in [0.15, 0.2) is 53.6 Å². The van der Waals surface area contributed by atoms with Crippen LogP contribution in [0.5, 0.6) is 5.75 Å². The lowest BCUT2D eigenvalue weighted by Gasteiger charge is -2.21. The molecule has 11 heteroatoms. The molecule has 0 heterocycles.